The Labute approximate surface area is 306 Å². The van der Waals surface area contributed by atoms with E-state index in [1.807, 2.05) is 12.1 Å². The van der Waals surface area contributed by atoms with Crippen LogP contribution in [0.3, 0.4) is 0 Å². The average Bonchev–Trinajstić information content (AvgIpc) is 3.63. The van der Waals surface area contributed by atoms with E-state index in [4.69, 9.17) is 9.97 Å². The van der Waals surface area contributed by atoms with Crippen molar-refractivity contribution in [2.45, 2.75) is 0 Å². The molecule has 0 aliphatic carbocycles. The summed E-state index contributed by atoms with van der Waals surface area (Å²) in [4.78, 5) is 10.3. The van der Waals surface area contributed by atoms with Gasteiger partial charge in [-0.2, -0.15) is 0 Å². The van der Waals surface area contributed by atoms with Gasteiger partial charge in [0.1, 0.15) is 11.5 Å². The van der Waals surface area contributed by atoms with Gasteiger partial charge in [-0.1, -0.05) is 121 Å². The van der Waals surface area contributed by atoms with E-state index in [0.29, 0.717) is 0 Å². The van der Waals surface area contributed by atoms with E-state index in [1.54, 1.807) is 0 Å². The first kappa shape index (κ1) is 29.6. The molecule has 11 rings (SSSR count). The van der Waals surface area contributed by atoms with Gasteiger partial charge >= 0.3 is 0 Å². The van der Waals surface area contributed by atoms with Gasteiger partial charge in [0, 0.05) is 10.9 Å². The second-order valence-corrected chi connectivity index (χ2v) is 13.9. The quantitative estimate of drug-likeness (QED) is 0.186. The Morgan fingerprint density at radius 3 is 1.34 bits per heavy atom. The fourth-order valence-corrected chi connectivity index (χ4v) is 7.97. The Morgan fingerprint density at radius 2 is 0.736 bits per heavy atom. The molecule has 0 saturated heterocycles. The normalized spacial score (nSPS) is 11.8. The highest BCUT2D eigenvalue weighted by Crippen LogP contribution is 2.37. The molecule has 3 heteroatoms. The first-order valence-corrected chi connectivity index (χ1v) is 18.1. The lowest BCUT2D eigenvalue weighted by atomic mass is 9.91. The summed E-state index contributed by atoms with van der Waals surface area (Å²) >= 11 is 0. The summed E-state index contributed by atoms with van der Waals surface area (Å²) in [6.45, 7) is 0. The standard InChI is InChI=1S/C50H31N3/c1-3-11-34-25-38(19-17-32(34)9-1)42-29-43(39-20-18-33-10-2-4-12-35(33)26-39)31-44(30-42)40-22-21-37-28-41(24-23-36(37)27-40)49-51-46-14-6-5-13-45(46)50-52-47-15-7-8-16-48(47)53(49)50/h1-31H. The predicted molar refractivity (Wildman–Crippen MR) is 222 cm³/mol. The number of hydrogen-bond donors (Lipinski definition) is 0. The van der Waals surface area contributed by atoms with E-state index in [9.17, 15) is 0 Å². The Hall–Kier alpha value is -7.10. The molecule has 53 heavy (non-hydrogen) atoms. The van der Waals surface area contributed by atoms with Crippen LogP contribution in [0.4, 0.5) is 0 Å². The molecule has 0 aliphatic rings. The van der Waals surface area contributed by atoms with E-state index in [2.05, 4.69) is 180 Å². The number of imidazole rings is 1. The van der Waals surface area contributed by atoms with Gasteiger partial charge in [0.15, 0.2) is 0 Å². The fourth-order valence-electron chi connectivity index (χ4n) is 7.97. The van der Waals surface area contributed by atoms with Crippen LogP contribution in [0.2, 0.25) is 0 Å². The van der Waals surface area contributed by atoms with Gasteiger partial charge in [-0.25, -0.2) is 9.97 Å². The largest absolute Gasteiger partial charge is 0.276 e. The van der Waals surface area contributed by atoms with Gasteiger partial charge in [0.2, 0.25) is 0 Å². The van der Waals surface area contributed by atoms with Crippen LogP contribution in [0, 0.1) is 0 Å². The third-order valence-electron chi connectivity index (χ3n) is 10.7. The molecule has 2 aromatic heterocycles. The van der Waals surface area contributed by atoms with Crippen LogP contribution in [-0.4, -0.2) is 14.4 Å². The van der Waals surface area contributed by atoms with Crippen LogP contribution < -0.4 is 0 Å². The third kappa shape index (κ3) is 4.97. The topological polar surface area (TPSA) is 30.2 Å². The zero-order chi connectivity index (χ0) is 34.9. The number of fused-ring (bicyclic) bond motifs is 8. The van der Waals surface area contributed by atoms with Crippen molar-refractivity contribution in [1.29, 1.82) is 0 Å². The molecule has 3 nitrogen and oxygen atoms in total. The maximum atomic E-state index is 5.21. The molecular weight excluding hydrogens is 643 g/mol. The summed E-state index contributed by atoms with van der Waals surface area (Å²) in [6.07, 6.45) is 0. The van der Waals surface area contributed by atoms with Crippen molar-refractivity contribution in [3.05, 3.63) is 188 Å². The molecule has 0 radical (unpaired) electrons. The summed E-state index contributed by atoms with van der Waals surface area (Å²) in [6, 6.07) is 67.8. The van der Waals surface area contributed by atoms with Gasteiger partial charge in [-0.05, 0) is 132 Å². The fraction of sp³-hybridized carbons (Fsp3) is 0. The summed E-state index contributed by atoms with van der Waals surface area (Å²) < 4.78 is 2.21. The number of rotatable bonds is 4. The molecule has 0 aliphatic heterocycles. The Morgan fingerprint density at radius 1 is 0.302 bits per heavy atom. The summed E-state index contributed by atoms with van der Waals surface area (Å²) in [5.74, 6) is 0.890. The van der Waals surface area contributed by atoms with Crippen LogP contribution in [0.15, 0.2) is 188 Å². The van der Waals surface area contributed by atoms with Gasteiger partial charge < -0.3 is 0 Å². The lowest BCUT2D eigenvalue weighted by molar-refractivity contribution is 1.16. The van der Waals surface area contributed by atoms with Crippen molar-refractivity contribution in [2.75, 3.05) is 0 Å². The van der Waals surface area contributed by atoms with Gasteiger partial charge in [0.25, 0.3) is 0 Å². The molecule has 0 saturated carbocycles. The first-order valence-electron chi connectivity index (χ1n) is 18.1. The van der Waals surface area contributed by atoms with Crippen LogP contribution >= 0.6 is 0 Å². The number of hydrogen-bond acceptors (Lipinski definition) is 2. The number of aromatic nitrogens is 3. The molecule has 0 spiro atoms. The molecule has 2 heterocycles. The smallest absolute Gasteiger partial charge is 0.149 e. The van der Waals surface area contributed by atoms with Crippen molar-refractivity contribution in [1.82, 2.24) is 14.4 Å². The van der Waals surface area contributed by atoms with Crippen molar-refractivity contribution in [3.8, 4) is 44.8 Å². The summed E-state index contributed by atoms with van der Waals surface area (Å²) in [7, 11) is 0. The highest BCUT2D eigenvalue weighted by Gasteiger charge is 2.16. The monoisotopic (exact) mass is 673 g/mol. The first-order chi connectivity index (χ1) is 26.2. The minimum Gasteiger partial charge on any atom is -0.276 e. The minimum atomic E-state index is 0.890. The molecule has 0 fully saturated rings. The molecule has 0 bridgehead atoms. The Balaban J connectivity index is 1.06. The van der Waals surface area contributed by atoms with Crippen molar-refractivity contribution in [3.63, 3.8) is 0 Å². The number of para-hydroxylation sites is 3. The molecular formula is C50H31N3. The van der Waals surface area contributed by atoms with Crippen LogP contribution in [0.1, 0.15) is 0 Å². The molecule has 0 atom stereocenters. The summed E-state index contributed by atoms with van der Waals surface area (Å²) in [5.41, 5.74) is 12.1. The molecule has 0 unspecified atom stereocenters. The highest BCUT2D eigenvalue weighted by molar-refractivity contribution is 6.00. The molecule has 0 N–H and O–H groups in total. The van der Waals surface area contributed by atoms with E-state index in [-0.39, 0.29) is 0 Å². The number of nitrogens with zero attached hydrogens (tertiary/aromatic N) is 3. The molecule has 11 aromatic rings. The van der Waals surface area contributed by atoms with Crippen molar-refractivity contribution in [2.24, 2.45) is 0 Å². The highest BCUT2D eigenvalue weighted by atomic mass is 15.1. The average molecular weight is 674 g/mol. The molecule has 9 aromatic carbocycles. The van der Waals surface area contributed by atoms with Crippen molar-refractivity contribution < 1.29 is 0 Å². The second kappa shape index (κ2) is 11.7. The molecule has 246 valence electrons. The lowest BCUT2D eigenvalue weighted by Gasteiger charge is -2.14. The SMILES string of the molecule is c1ccc2cc(-c3cc(-c4ccc5ccccc5c4)cc(-c4ccc5cc(-c6nc7ccccc7c7nc8ccccc8n67)ccc5c4)c3)ccc2c1. The minimum absolute atomic E-state index is 0.890. The van der Waals surface area contributed by atoms with Crippen LogP contribution in [0.5, 0.6) is 0 Å². The Kier molecular flexibility index (Phi) is 6.55. The van der Waals surface area contributed by atoms with E-state index < -0.39 is 0 Å². The zero-order valence-electron chi connectivity index (χ0n) is 28.7. The lowest BCUT2D eigenvalue weighted by Crippen LogP contribution is -1.98. The Bertz CT molecular complexity index is 3150. The maximum Gasteiger partial charge on any atom is 0.149 e. The maximum absolute atomic E-state index is 5.21. The predicted octanol–water partition coefficient (Wildman–Crippen LogP) is 13.2. The van der Waals surface area contributed by atoms with Gasteiger partial charge in [-0.3, -0.25) is 4.40 Å². The third-order valence-corrected chi connectivity index (χ3v) is 10.7. The summed E-state index contributed by atoms with van der Waals surface area (Å²) in [5, 5.41) is 8.37. The van der Waals surface area contributed by atoms with Crippen LogP contribution in [-0.2, 0) is 0 Å². The zero-order valence-corrected chi connectivity index (χ0v) is 28.7. The van der Waals surface area contributed by atoms with E-state index in [1.165, 1.54) is 65.7 Å². The van der Waals surface area contributed by atoms with Gasteiger partial charge in [0.05, 0.1) is 16.6 Å². The van der Waals surface area contributed by atoms with Crippen LogP contribution in [0.25, 0.3) is 105 Å². The van der Waals surface area contributed by atoms with Crippen molar-refractivity contribution >= 4 is 59.9 Å². The number of benzene rings is 9. The van der Waals surface area contributed by atoms with E-state index >= 15 is 0 Å². The van der Waals surface area contributed by atoms with Gasteiger partial charge in [-0.15, -0.1) is 0 Å². The second-order valence-electron chi connectivity index (χ2n) is 13.9. The van der Waals surface area contributed by atoms with E-state index in [0.717, 1.165) is 39.0 Å². The molecule has 0 amide bonds.